The normalized spacial score (nSPS) is 6.44. The third-order valence-electron chi connectivity index (χ3n) is 0.200. The Morgan fingerprint density at radius 1 is 1.56 bits per heavy atom. The summed E-state index contributed by atoms with van der Waals surface area (Å²) in [7, 11) is 0. The number of nitrogens with two attached hydrogens (primary N) is 1. The van der Waals surface area contributed by atoms with E-state index in [4.69, 9.17) is 15.1 Å². The molecule has 0 rings (SSSR count). The molecule has 0 saturated heterocycles. The van der Waals surface area contributed by atoms with Crippen LogP contribution in [0.5, 0.6) is 0 Å². The van der Waals surface area contributed by atoms with Crippen LogP contribution in [0.3, 0.4) is 0 Å². The molecule has 0 atom stereocenters. The van der Waals surface area contributed by atoms with Gasteiger partial charge in [0.15, 0.2) is 0 Å². The van der Waals surface area contributed by atoms with Crippen LogP contribution in [0.1, 0.15) is 13.8 Å². The Kier molecular flexibility index (Phi) is 7.99. The first-order valence-electron chi connectivity index (χ1n) is 2.14. The van der Waals surface area contributed by atoms with Gasteiger partial charge in [-0.15, -0.1) is 0 Å². The molecule has 0 radical (unpaired) electrons. The zero-order valence-electron chi connectivity index (χ0n) is 5.33. The summed E-state index contributed by atoms with van der Waals surface area (Å²) in [5, 5.41) is 17.7. The van der Waals surface area contributed by atoms with E-state index in [1.54, 1.807) is 13.8 Å². The summed E-state index contributed by atoms with van der Waals surface area (Å²) in [6, 6.07) is 0. The number of amides is 1. The molecule has 0 aliphatic heterocycles. The number of rotatable bonds is 0. The van der Waals surface area contributed by atoms with Crippen molar-refractivity contribution in [1.82, 2.24) is 0 Å². The van der Waals surface area contributed by atoms with Crippen LogP contribution in [0, 0.1) is 0 Å². The maximum absolute atomic E-state index is 8.78. The molecule has 5 nitrogen and oxygen atoms in total. The van der Waals surface area contributed by atoms with E-state index in [2.05, 4.69) is 10.9 Å². The summed E-state index contributed by atoms with van der Waals surface area (Å²) in [5.41, 5.74) is 4.71. The lowest BCUT2D eigenvalue weighted by Crippen LogP contribution is -2.03. The minimum atomic E-state index is -1.33. The van der Waals surface area contributed by atoms with E-state index in [0.29, 0.717) is 5.71 Å². The summed E-state index contributed by atoms with van der Waals surface area (Å²) in [5.74, 6) is 0. The zero-order chi connectivity index (χ0) is 7.86. The molecule has 0 aliphatic rings. The summed E-state index contributed by atoms with van der Waals surface area (Å²) in [4.78, 5) is 8.78. The maximum atomic E-state index is 8.78. The molecule has 0 aliphatic carbocycles. The second-order valence-corrected chi connectivity index (χ2v) is 1.39. The van der Waals surface area contributed by atoms with E-state index in [9.17, 15) is 0 Å². The minimum absolute atomic E-state index is 0.685. The van der Waals surface area contributed by atoms with Gasteiger partial charge in [0, 0.05) is 0 Å². The van der Waals surface area contributed by atoms with Gasteiger partial charge in [-0.1, -0.05) is 5.16 Å². The van der Waals surface area contributed by atoms with Gasteiger partial charge in [-0.2, -0.15) is 0 Å². The SMILES string of the molecule is CC(C)=NO.NC(=O)O. The monoisotopic (exact) mass is 134 g/mol. The van der Waals surface area contributed by atoms with Gasteiger partial charge in [-0.05, 0) is 13.8 Å². The van der Waals surface area contributed by atoms with Gasteiger partial charge < -0.3 is 16.0 Å². The summed E-state index contributed by atoms with van der Waals surface area (Å²) < 4.78 is 0. The molecule has 0 saturated carbocycles. The van der Waals surface area contributed by atoms with E-state index in [1.807, 2.05) is 0 Å². The second-order valence-electron chi connectivity index (χ2n) is 1.39. The zero-order valence-corrected chi connectivity index (χ0v) is 5.33. The number of oxime groups is 1. The lowest BCUT2D eigenvalue weighted by atomic mass is 10.5. The van der Waals surface area contributed by atoms with Crippen molar-refractivity contribution in [2.75, 3.05) is 0 Å². The Balaban J connectivity index is 0. The minimum Gasteiger partial charge on any atom is -0.465 e. The van der Waals surface area contributed by atoms with Crippen LogP contribution < -0.4 is 5.73 Å². The van der Waals surface area contributed by atoms with E-state index in [0.717, 1.165) is 0 Å². The third kappa shape index (κ3) is 277. The van der Waals surface area contributed by atoms with E-state index >= 15 is 0 Å². The van der Waals surface area contributed by atoms with Gasteiger partial charge in [-0.3, -0.25) is 0 Å². The lowest BCUT2D eigenvalue weighted by Gasteiger charge is -1.72. The second kappa shape index (κ2) is 6.74. The van der Waals surface area contributed by atoms with Crippen molar-refractivity contribution in [3.8, 4) is 0 Å². The predicted molar refractivity (Wildman–Crippen MR) is 32.8 cm³/mol. The fraction of sp³-hybridized carbons (Fsp3) is 0.500. The van der Waals surface area contributed by atoms with E-state index in [-0.39, 0.29) is 0 Å². The lowest BCUT2D eigenvalue weighted by molar-refractivity contribution is 0.205. The topological polar surface area (TPSA) is 95.9 Å². The van der Waals surface area contributed by atoms with Crippen LogP contribution in [0.2, 0.25) is 0 Å². The van der Waals surface area contributed by atoms with Crippen molar-refractivity contribution in [1.29, 1.82) is 0 Å². The molecule has 0 spiro atoms. The third-order valence-corrected chi connectivity index (χ3v) is 0.200. The van der Waals surface area contributed by atoms with Crippen molar-refractivity contribution in [3.05, 3.63) is 0 Å². The number of nitrogens with zero attached hydrogens (tertiary/aromatic N) is 1. The van der Waals surface area contributed by atoms with Gasteiger partial charge in [0.2, 0.25) is 0 Å². The average molecular weight is 134 g/mol. The fourth-order valence-corrected chi connectivity index (χ4v) is 0. The van der Waals surface area contributed by atoms with Crippen LogP contribution in [0.15, 0.2) is 5.16 Å². The molecule has 5 heteroatoms. The number of carbonyl (C=O) groups is 1. The van der Waals surface area contributed by atoms with Crippen LogP contribution in [0.25, 0.3) is 0 Å². The number of carboxylic acid groups (broad SMARTS) is 1. The highest BCUT2D eigenvalue weighted by molar-refractivity contribution is 5.78. The molecule has 0 unspecified atom stereocenters. The first kappa shape index (κ1) is 10.7. The van der Waals surface area contributed by atoms with Gasteiger partial charge in [0.1, 0.15) is 0 Å². The molecule has 0 bridgehead atoms. The van der Waals surface area contributed by atoms with Crippen molar-refractivity contribution in [3.63, 3.8) is 0 Å². The van der Waals surface area contributed by atoms with E-state index in [1.165, 1.54) is 0 Å². The molecule has 0 fully saturated rings. The molecular weight excluding hydrogens is 124 g/mol. The quantitative estimate of drug-likeness (QED) is 0.255. The average Bonchev–Trinajstić information content (AvgIpc) is 1.65. The first-order valence-corrected chi connectivity index (χ1v) is 2.14. The molecule has 9 heavy (non-hydrogen) atoms. The molecule has 0 aromatic rings. The first-order chi connectivity index (χ1) is 4.00. The Labute approximate surface area is 52.8 Å². The highest BCUT2D eigenvalue weighted by Crippen LogP contribution is 1.62. The van der Waals surface area contributed by atoms with Crippen LogP contribution >= 0.6 is 0 Å². The summed E-state index contributed by atoms with van der Waals surface area (Å²) >= 11 is 0. The molecular formula is C4H10N2O3. The van der Waals surface area contributed by atoms with Crippen LogP contribution in [-0.2, 0) is 0 Å². The van der Waals surface area contributed by atoms with Crippen LogP contribution in [0.4, 0.5) is 4.79 Å². The van der Waals surface area contributed by atoms with Crippen molar-refractivity contribution >= 4 is 11.8 Å². The summed E-state index contributed by atoms with van der Waals surface area (Å²) in [6.45, 7) is 3.44. The Morgan fingerprint density at radius 3 is 1.67 bits per heavy atom. The Hall–Kier alpha value is -1.26. The van der Waals surface area contributed by atoms with Crippen molar-refractivity contribution in [2.24, 2.45) is 10.9 Å². The van der Waals surface area contributed by atoms with E-state index < -0.39 is 6.09 Å². The van der Waals surface area contributed by atoms with Crippen LogP contribution in [-0.4, -0.2) is 22.1 Å². The maximum Gasteiger partial charge on any atom is 0.402 e. The van der Waals surface area contributed by atoms with Crippen molar-refractivity contribution in [2.45, 2.75) is 13.8 Å². The molecule has 4 N–H and O–H groups in total. The Bertz CT molecular complexity index is 102. The number of hydrogen-bond donors (Lipinski definition) is 3. The molecule has 0 aromatic heterocycles. The molecule has 0 heterocycles. The standard InChI is InChI=1S/C3H7NO.CH3NO2/c1-3(2)4-5;2-1(3)4/h5H,1-2H3;2H2,(H,3,4). The molecule has 54 valence electrons. The smallest absolute Gasteiger partial charge is 0.402 e. The number of hydrogen-bond acceptors (Lipinski definition) is 3. The number of primary amides is 1. The largest absolute Gasteiger partial charge is 0.465 e. The summed E-state index contributed by atoms with van der Waals surface area (Å²) in [6.07, 6.45) is -1.33. The molecule has 1 amide bonds. The highest BCUT2D eigenvalue weighted by Gasteiger charge is 1.65. The van der Waals surface area contributed by atoms with Gasteiger partial charge in [-0.25, -0.2) is 4.79 Å². The Morgan fingerprint density at radius 2 is 1.67 bits per heavy atom. The molecule has 0 aromatic carbocycles. The van der Waals surface area contributed by atoms with Gasteiger partial charge in [0.05, 0.1) is 5.71 Å². The fourth-order valence-electron chi connectivity index (χ4n) is 0. The predicted octanol–water partition coefficient (Wildman–Crippen LogP) is 0.480. The van der Waals surface area contributed by atoms with Gasteiger partial charge in [0.25, 0.3) is 0 Å². The van der Waals surface area contributed by atoms with Crippen molar-refractivity contribution < 1.29 is 15.1 Å². The van der Waals surface area contributed by atoms with Gasteiger partial charge >= 0.3 is 6.09 Å². The highest BCUT2D eigenvalue weighted by atomic mass is 16.4.